The number of piperidine rings is 1. The van der Waals surface area contributed by atoms with Gasteiger partial charge < -0.3 is 9.64 Å². The van der Waals surface area contributed by atoms with Gasteiger partial charge in [0.25, 0.3) is 10.1 Å². The van der Waals surface area contributed by atoms with E-state index >= 15 is 0 Å². The molecule has 0 radical (unpaired) electrons. The molecule has 0 saturated carbocycles. The van der Waals surface area contributed by atoms with Crippen molar-refractivity contribution in [3.8, 4) is 0 Å². The van der Waals surface area contributed by atoms with Gasteiger partial charge in [-0.05, 0) is 33.1 Å². The molecule has 0 aromatic heterocycles. The van der Waals surface area contributed by atoms with Crippen molar-refractivity contribution in [1.29, 1.82) is 0 Å². The lowest BCUT2D eigenvalue weighted by Crippen LogP contribution is -2.46. The van der Waals surface area contributed by atoms with E-state index in [4.69, 9.17) is 8.92 Å². The van der Waals surface area contributed by atoms with Crippen molar-refractivity contribution in [3.63, 3.8) is 0 Å². The molecule has 7 heteroatoms. The molecule has 0 bridgehead atoms. The first-order valence-corrected chi connectivity index (χ1v) is 8.62. The van der Waals surface area contributed by atoms with Crippen LogP contribution in [0.3, 0.4) is 0 Å². The summed E-state index contributed by atoms with van der Waals surface area (Å²) in [5.74, 6) is 0.321. The second-order valence-corrected chi connectivity index (χ2v) is 8.08. The lowest BCUT2D eigenvalue weighted by atomic mass is 9.88. The number of likely N-dealkylation sites (tertiary alicyclic amines) is 1. The molecule has 1 heterocycles. The fourth-order valence-corrected chi connectivity index (χ4v) is 2.49. The fourth-order valence-electron chi connectivity index (χ4n) is 2.07. The number of hydrogen-bond donors (Lipinski definition) is 0. The third kappa shape index (κ3) is 6.09. The summed E-state index contributed by atoms with van der Waals surface area (Å²) in [6.45, 7) is 8.71. The zero-order chi connectivity index (χ0) is 15.6. The van der Waals surface area contributed by atoms with Crippen LogP contribution in [0.5, 0.6) is 0 Å². The Morgan fingerprint density at radius 3 is 2.45 bits per heavy atom. The van der Waals surface area contributed by atoms with E-state index in [-0.39, 0.29) is 18.6 Å². The van der Waals surface area contributed by atoms with Crippen LogP contribution in [-0.2, 0) is 19.0 Å². The van der Waals surface area contributed by atoms with Crippen LogP contribution in [0.25, 0.3) is 0 Å². The first-order valence-electron chi connectivity index (χ1n) is 6.80. The maximum Gasteiger partial charge on any atom is 0.410 e. The van der Waals surface area contributed by atoms with Crippen LogP contribution in [0, 0.1) is 11.8 Å². The maximum atomic E-state index is 12.0. The summed E-state index contributed by atoms with van der Waals surface area (Å²) in [5.41, 5.74) is -0.529. The molecule has 1 fully saturated rings. The van der Waals surface area contributed by atoms with Crippen LogP contribution < -0.4 is 0 Å². The Labute approximate surface area is 121 Å². The highest BCUT2D eigenvalue weighted by Gasteiger charge is 2.32. The molecule has 118 valence electrons. The Bertz CT molecular complexity index is 440. The minimum absolute atomic E-state index is 0.00555. The third-order valence-electron chi connectivity index (χ3n) is 3.26. The summed E-state index contributed by atoms with van der Waals surface area (Å²) in [4.78, 5) is 13.6. The van der Waals surface area contributed by atoms with Gasteiger partial charge in [0, 0.05) is 19.0 Å². The molecule has 1 unspecified atom stereocenters. The molecule has 0 spiro atoms. The quantitative estimate of drug-likeness (QED) is 0.744. The summed E-state index contributed by atoms with van der Waals surface area (Å²) >= 11 is 0. The van der Waals surface area contributed by atoms with Gasteiger partial charge in [0.1, 0.15) is 5.60 Å². The van der Waals surface area contributed by atoms with Crippen LogP contribution in [0.2, 0.25) is 0 Å². The minimum Gasteiger partial charge on any atom is -0.444 e. The van der Waals surface area contributed by atoms with Crippen LogP contribution in [0.15, 0.2) is 0 Å². The molecule has 20 heavy (non-hydrogen) atoms. The molecule has 0 aromatic rings. The SMILES string of the molecule is C[C@H]1CCN(C(=O)OC(C)(C)C)CC1COS(C)(=O)=O. The number of rotatable bonds is 3. The van der Waals surface area contributed by atoms with Crippen LogP contribution in [0.1, 0.15) is 34.1 Å². The summed E-state index contributed by atoms with van der Waals surface area (Å²) in [5, 5.41) is 0. The predicted molar refractivity (Wildman–Crippen MR) is 75.9 cm³/mol. The predicted octanol–water partition coefficient (Wildman–Crippen LogP) is 1.86. The topological polar surface area (TPSA) is 72.9 Å². The third-order valence-corrected chi connectivity index (χ3v) is 3.83. The van der Waals surface area contributed by atoms with Crippen molar-refractivity contribution < 1.29 is 22.1 Å². The molecule has 1 amide bonds. The smallest absolute Gasteiger partial charge is 0.410 e. The second-order valence-electron chi connectivity index (χ2n) is 6.44. The Morgan fingerprint density at radius 2 is 1.95 bits per heavy atom. The summed E-state index contributed by atoms with van der Waals surface area (Å²) in [6, 6.07) is 0. The Balaban J connectivity index is 2.59. The van der Waals surface area contributed by atoms with Crippen molar-refractivity contribution in [2.75, 3.05) is 26.0 Å². The Hall–Kier alpha value is -0.820. The van der Waals surface area contributed by atoms with E-state index < -0.39 is 15.7 Å². The lowest BCUT2D eigenvalue weighted by Gasteiger charge is -2.37. The largest absolute Gasteiger partial charge is 0.444 e. The average Bonchev–Trinajstić information content (AvgIpc) is 2.24. The number of carbonyl (C=O) groups is 1. The van der Waals surface area contributed by atoms with Crippen LogP contribution >= 0.6 is 0 Å². The van der Waals surface area contributed by atoms with E-state index in [2.05, 4.69) is 0 Å². The summed E-state index contributed by atoms with van der Waals surface area (Å²) in [6.07, 6.45) is 1.50. The van der Waals surface area contributed by atoms with Crippen molar-refractivity contribution >= 4 is 16.2 Å². The van der Waals surface area contributed by atoms with Gasteiger partial charge in [0.2, 0.25) is 0 Å². The van der Waals surface area contributed by atoms with Gasteiger partial charge in [0.05, 0.1) is 12.9 Å². The fraction of sp³-hybridized carbons (Fsp3) is 0.923. The molecule has 2 atom stereocenters. The number of ether oxygens (including phenoxy) is 1. The van der Waals surface area contributed by atoms with Gasteiger partial charge in [-0.3, -0.25) is 4.18 Å². The number of amides is 1. The lowest BCUT2D eigenvalue weighted by molar-refractivity contribution is 0.00748. The highest BCUT2D eigenvalue weighted by atomic mass is 32.2. The van der Waals surface area contributed by atoms with Gasteiger partial charge in [-0.2, -0.15) is 8.42 Å². The van der Waals surface area contributed by atoms with Crippen molar-refractivity contribution in [2.45, 2.75) is 39.7 Å². The molecule has 6 nitrogen and oxygen atoms in total. The average molecular weight is 307 g/mol. The van der Waals surface area contributed by atoms with E-state index in [9.17, 15) is 13.2 Å². The molecule has 0 aliphatic carbocycles. The van der Waals surface area contributed by atoms with E-state index in [0.717, 1.165) is 12.7 Å². The summed E-state index contributed by atoms with van der Waals surface area (Å²) in [7, 11) is -3.45. The van der Waals surface area contributed by atoms with Crippen molar-refractivity contribution in [2.24, 2.45) is 11.8 Å². The molecule has 0 N–H and O–H groups in total. The zero-order valence-electron chi connectivity index (χ0n) is 12.9. The van der Waals surface area contributed by atoms with E-state index in [1.165, 1.54) is 0 Å². The monoisotopic (exact) mass is 307 g/mol. The number of hydrogen-bond acceptors (Lipinski definition) is 5. The van der Waals surface area contributed by atoms with Crippen molar-refractivity contribution in [3.05, 3.63) is 0 Å². The highest BCUT2D eigenvalue weighted by Crippen LogP contribution is 2.25. The van der Waals surface area contributed by atoms with Gasteiger partial charge in [0.15, 0.2) is 0 Å². The van der Waals surface area contributed by atoms with E-state index in [1.807, 2.05) is 27.7 Å². The highest BCUT2D eigenvalue weighted by molar-refractivity contribution is 7.85. The van der Waals surface area contributed by atoms with Gasteiger partial charge in [-0.15, -0.1) is 0 Å². The van der Waals surface area contributed by atoms with Crippen LogP contribution in [0.4, 0.5) is 4.79 Å². The van der Waals surface area contributed by atoms with Crippen LogP contribution in [-0.4, -0.2) is 51.0 Å². The summed E-state index contributed by atoms with van der Waals surface area (Å²) < 4.78 is 32.3. The van der Waals surface area contributed by atoms with E-state index in [1.54, 1.807) is 4.90 Å². The van der Waals surface area contributed by atoms with Gasteiger partial charge >= 0.3 is 6.09 Å². The second kappa shape index (κ2) is 6.30. The van der Waals surface area contributed by atoms with E-state index in [0.29, 0.717) is 19.0 Å². The Morgan fingerprint density at radius 1 is 1.35 bits per heavy atom. The Kier molecular flexibility index (Phi) is 5.43. The standard InChI is InChI=1S/C13H25NO5S/c1-10-6-7-14(12(15)19-13(2,3)4)8-11(10)9-18-20(5,16)17/h10-11H,6-9H2,1-5H3/t10-,11?/m0/s1. The molecule has 1 rings (SSSR count). The molecular weight excluding hydrogens is 282 g/mol. The number of carbonyl (C=O) groups excluding carboxylic acids is 1. The molecule has 0 aromatic carbocycles. The first kappa shape index (κ1) is 17.2. The van der Waals surface area contributed by atoms with Gasteiger partial charge in [-0.1, -0.05) is 6.92 Å². The van der Waals surface area contributed by atoms with Gasteiger partial charge in [-0.25, -0.2) is 4.79 Å². The normalized spacial score (nSPS) is 24.6. The maximum absolute atomic E-state index is 12.0. The molecule has 1 aliphatic rings. The first-order chi connectivity index (χ1) is 8.98. The minimum atomic E-state index is -3.45. The number of nitrogens with zero attached hydrogens (tertiary/aromatic N) is 1. The molecule has 1 aliphatic heterocycles. The van der Waals surface area contributed by atoms with Crippen molar-refractivity contribution in [1.82, 2.24) is 4.90 Å². The zero-order valence-corrected chi connectivity index (χ0v) is 13.7. The molecule has 1 saturated heterocycles. The molecular formula is C13H25NO5S.